The molecule has 0 N–H and O–H groups in total. The summed E-state index contributed by atoms with van der Waals surface area (Å²) < 4.78 is 49.1. The van der Waals surface area contributed by atoms with E-state index in [0.29, 0.717) is 18.8 Å². The Morgan fingerprint density at radius 1 is 1.39 bits per heavy atom. The first-order chi connectivity index (χ1) is 8.47. The summed E-state index contributed by atoms with van der Waals surface area (Å²) in [5.41, 5.74) is -0.0605. The summed E-state index contributed by atoms with van der Waals surface area (Å²) in [6.07, 6.45) is 0.846. The first kappa shape index (κ1) is 13.3. The van der Waals surface area contributed by atoms with Crippen LogP contribution in [-0.4, -0.2) is 26.8 Å². The lowest BCUT2D eigenvalue weighted by molar-refractivity contribution is 0.167. The summed E-state index contributed by atoms with van der Waals surface area (Å²) in [4.78, 5) is 0. The van der Waals surface area contributed by atoms with Crippen molar-refractivity contribution in [3.8, 4) is 5.75 Å². The van der Waals surface area contributed by atoms with Crippen molar-refractivity contribution in [2.75, 3.05) is 19.8 Å². The average Bonchev–Trinajstić information content (AvgIpc) is 2.79. The van der Waals surface area contributed by atoms with Gasteiger partial charge in [-0.15, -0.1) is 0 Å². The maximum atomic E-state index is 12.9. The lowest BCUT2D eigenvalue weighted by Crippen LogP contribution is -2.36. The molecule has 1 atom stereocenters. The largest absolute Gasteiger partial charge is 0.513 e. The van der Waals surface area contributed by atoms with E-state index in [1.54, 1.807) is 13.0 Å². The molecule has 1 unspecified atom stereocenters. The van der Waals surface area contributed by atoms with E-state index < -0.39 is 12.4 Å². The second-order valence-corrected chi connectivity index (χ2v) is 4.66. The number of ether oxygens (including phenoxy) is 2. The Morgan fingerprint density at radius 3 is 2.78 bits per heavy atom. The molecule has 0 bridgehead atoms. The van der Waals surface area contributed by atoms with E-state index in [0.717, 1.165) is 12.5 Å². The van der Waals surface area contributed by atoms with Crippen molar-refractivity contribution in [1.82, 2.24) is 0 Å². The maximum absolute atomic E-state index is 12.9. The van der Waals surface area contributed by atoms with Gasteiger partial charge in [0.15, 0.2) is 0 Å². The van der Waals surface area contributed by atoms with Gasteiger partial charge in [0.2, 0.25) is 0 Å². The molecule has 1 aliphatic heterocycles. The van der Waals surface area contributed by atoms with Gasteiger partial charge in [-0.1, -0.05) is 23.2 Å². The first-order valence-corrected chi connectivity index (χ1v) is 5.98. The number of hydrogen-bond acceptors (Lipinski definition) is 2. The maximum Gasteiger partial charge on any atom is 0.513 e. The summed E-state index contributed by atoms with van der Waals surface area (Å²) in [6.45, 7) is -1.89. The van der Waals surface area contributed by atoms with Crippen LogP contribution in [0.1, 0.15) is 12.0 Å². The molecule has 0 spiro atoms. The molecule has 1 aromatic rings. The van der Waals surface area contributed by atoms with Crippen molar-refractivity contribution in [2.45, 2.75) is 13.3 Å². The second kappa shape index (κ2) is 5.22. The summed E-state index contributed by atoms with van der Waals surface area (Å²) in [6, 6.07) is 4.17. The Morgan fingerprint density at radius 2 is 2.17 bits per heavy atom. The van der Waals surface area contributed by atoms with E-state index in [1.807, 2.05) is 0 Å². The molecule has 0 aromatic heterocycles. The molecule has 1 fully saturated rings. The van der Waals surface area contributed by atoms with Gasteiger partial charge in [-0.05, 0) is 19.4 Å². The molecule has 2 rings (SSSR count). The SMILES string of the molecule is Cc1ccc(OCC2CCOC2)c([B-](F)(F)F)c1. The smallest absolute Gasteiger partial charge is 0.496 e. The fraction of sp³-hybridized carbons (Fsp3) is 0.500. The van der Waals surface area contributed by atoms with Crippen LogP contribution in [0, 0.1) is 12.8 Å². The van der Waals surface area contributed by atoms with Gasteiger partial charge < -0.3 is 22.4 Å². The summed E-state index contributed by atoms with van der Waals surface area (Å²) in [5, 5.41) is 0. The molecule has 0 saturated carbocycles. The average molecular weight is 259 g/mol. The highest BCUT2D eigenvalue weighted by Gasteiger charge is 2.29. The Kier molecular flexibility index (Phi) is 3.85. The van der Waals surface area contributed by atoms with Gasteiger partial charge >= 0.3 is 6.98 Å². The minimum Gasteiger partial charge on any atom is -0.496 e. The van der Waals surface area contributed by atoms with Crippen LogP contribution in [0.15, 0.2) is 18.2 Å². The molecule has 1 saturated heterocycles. The van der Waals surface area contributed by atoms with Gasteiger partial charge in [-0.3, -0.25) is 0 Å². The number of benzene rings is 1. The van der Waals surface area contributed by atoms with E-state index >= 15 is 0 Å². The third-order valence-electron chi connectivity index (χ3n) is 3.02. The van der Waals surface area contributed by atoms with Crippen LogP contribution in [-0.2, 0) is 4.74 Å². The van der Waals surface area contributed by atoms with E-state index in [2.05, 4.69) is 0 Å². The highest BCUT2D eigenvalue weighted by Crippen LogP contribution is 2.21. The van der Waals surface area contributed by atoms with Gasteiger partial charge in [0.1, 0.15) is 0 Å². The van der Waals surface area contributed by atoms with Gasteiger partial charge in [0.05, 0.1) is 19.0 Å². The van der Waals surface area contributed by atoms with Crippen molar-refractivity contribution < 1.29 is 22.4 Å². The number of hydrogen-bond donors (Lipinski definition) is 0. The fourth-order valence-corrected chi connectivity index (χ4v) is 1.98. The molecule has 1 aliphatic rings. The topological polar surface area (TPSA) is 18.5 Å². The third kappa shape index (κ3) is 3.19. The molecular formula is C12H15BF3O2-. The molecule has 1 heterocycles. The zero-order valence-corrected chi connectivity index (χ0v) is 10.2. The molecule has 18 heavy (non-hydrogen) atoms. The Labute approximate surface area is 104 Å². The highest BCUT2D eigenvalue weighted by atomic mass is 19.4. The predicted octanol–water partition coefficient (Wildman–Crippen LogP) is 2.46. The molecule has 1 aromatic carbocycles. The first-order valence-electron chi connectivity index (χ1n) is 5.98. The predicted molar refractivity (Wildman–Crippen MR) is 64.3 cm³/mol. The molecule has 0 radical (unpaired) electrons. The minimum absolute atomic E-state index is 0.0694. The van der Waals surface area contributed by atoms with Crippen LogP contribution in [0.5, 0.6) is 5.75 Å². The van der Waals surface area contributed by atoms with E-state index in [4.69, 9.17) is 9.47 Å². The normalized spacial score (nSPS) is 20.1. The van der Waals surface area contributed by atoms with E-state index in [-0.39, 0.29) is 18.3 Å². The quantitative estimate of drug-likeness (QED) is 0.773. The minimum atomic E-state index is -5.04. The Hall–Kier alpha value is -1.17. The highest BCUT2D eigenvalue weighted by molar-refractivity contribution is 6.74. The van der Waals surface area contributed by atoms with Gasteiger partial charge in [0.25, 0.3) is 0 Å². The molecule has 0 aliphatic carbocycles. The van der Waals surface area contributed by atoms with Crippen LogP contribution < -0.4 is 10.2 Å². The lowest BCUT2D eigenvalue weighted by Gasteiger charge is -2.21. The zero-order chi connectivity index (χ0) is 13.2. The molecule has 100 valence electrons. The van der Waals surface area contributed by atoms with E-state index in [9.17, 15) is 12.9 Å². The number of halogens is 3. The molecule has 2 nitrogen and oxygen atoms in total. The Bertz CT molecular complexity index is 414. The molecule has 0 amide bonds. The van der Waals surface area contributed by atoms with E-state index in [1.165, 1.54) is 6.07 Å². The van der Waals surface area contributed by atoms with Gasteiger partial charge in [-0.2, -0.15) is 0 Å². The standard InChI is InChI=1S/C12H15BF3O2/c1-9-2-3-12(11(6-9)13(14,15)16)18-8-10-4-5-17-7-10/h2-3,6,10H,4-5,7-8H2,1H3/q-1. The molecular weight excluding hydrogens is 244 g/mol. The number of aryl methyl sites for hydroxylation is 1. The summed E-state index contributed by atoms with van der Waals surface area (Å²) in [7, 11) is 0. The van der Waals surface area contributed by atoms with Crippen molar-refractivity contribution in [3.05, 3.63) is 23.8 Å². The monoisotopic (exact) mass is 259 g/mol. The van der Waals surface area contributed by atoms with Crippen molar-refractivity contribution >= 4 is 12.4 Å². The number of rotatable bonds is 4. The van der Waals surface area contributed by atoms with Crippen LogP contribution in [0.3, 0.4) is 0 Å². The van der Waals surface area contributed by atoms with Crippen molar-refractivity contribution in [2.24, 2.45) is 5.92 Å². The fourth-order valence-electron chi connectivity index (χ4n) is 1.98. The van der Waals surface area contributed by atoms with Crippen LogP contribution in [0.4, 0.5) is 12.9 Å². The van der Waals surface area contributed by atoms with Crippen LogP contribution in [0.2, 0.25) is 0 Å². The van der Waals surface area contributed by atoms with Crippen LogP contribution >= 0.6 is 0 Å². The van der Waals surface area contributed by atoms with Gasteiger partial charge in [0, 0.05) is 12.5 Å². The summed E-state index contributed by atoms with van der Waals surface area (Å²) >= 11 is 0. The third-order valence-corrected chi connectivity index (χ3v) is 3.02. The van der Waals surface area contributed by atoms with Crippen molar-refractivity contribution in [3.63, 3.8) is 0 Å². The summed E-state index contributed by atoms with van der Waals surface area (Å²) in [5.74, 6) is 0.125. The zero-order valence-electron chi connectivity index (χ0n) is 10.2. The van der Waals surface area contributed by atoms with Gasteiger partial charge in [-0.25, -0.2) is 0 Å². The van der Waals surface area contributed by atoms with Crippen molar-refractivity contribution in [1.29, 1.82) is 0 Å². The molecule has 6 heteroatoms. The Balaban J connectivity index is 2.11. The second-order valence-electron chi connectivity index (χ2n) is 4.66. The van der Waals surface area contributed by atoms with Crippen LogP contribution in [0.25, 0.3) is 0 Å². The lowest BCUT2D eigenvalue weighted by atomic mass is 9.78.